The van der Waals surface area contributed by atoms with Gasteiger partial charge in [-0.25, -0.2) is 13.2 Å². The summed E-state index contributed by atoms with van der Waals surface area (Å²) in [7, 11) is -3.08. The molecule has 2 saturated heterocycles. The number of unbranched alkanes of at least 4 members (excludes halogenated alkanes) is 2. The zero-order valence-electron chi connectivity index (χ0n) is 34.0. The molecular formula is C46H57ClN4O6S2. The summed E-state index contributed by atoms with van der Waals surface area (Å²) >= 11 is 8.28. The number of fused-ring (bicyclic) bond motifs is 1. The highest BCUT2D eigenvalue weighted by Gasteiger charge is 2.43. The number of benzene rings is 3. The van der Waals surface area contributed by atoms with E-state index in [1.807, 2.05) is 47.8 Å². The van der Waals surface area contributed by atoms with Gasteiger partial charge in [0.05, 0.1) is 17.6 Å². The Morgan fingerprint density at radius 3 is 2.46 bits per heavy atom. The van der Waals surface area contributed by atoms with Gasteiger partial charge in [0.1, 0.15) is 15.9 Å². The van der Waals surface area contributed by atoms with E-state index in [0.29, 0.717) is 42.5 Å². The average Bonchev–Trinajstić information content (AvgIpc) is 3.91. The van der Waals surface area contributed by atoms with Crippen molar-refractivity contribution in [1.29, 1.82) is 0 Å². The SMILES string of the molecule is CS(=O)(=O)CCCCC[C@@H](NC1CCC2(CC1)CCN(Cc1ccccc1)C2)C(=O)N1CCN(C(=O)Oc2ccc3ccccc3c2Cl)C[C@H]1C(=O)CCc1cccs1. The zero-order valence-corrected chi connectivity index (χ0v) is 36.4. The van der Waals surface area contributed by atoms with E-state index in [2.05, 4.69) is 40.5 Å². The van der Waals surface area contributed by atoms with Gasteiger partial charge >= 0.3 is 6.09 Å². The number of hydrogen-bond acceptors (Lipinski definition) is 9. The van der Waals surface area contributed by atoms with Crippen LogP contribution in [0.15, 0.2) is 84.2 Å². The van der Waals surface area contributed by atoms with Crippen LogP contribution in [0.3, 0.4) is 0 Å². The number of aryl methyl sites for hydroxylation is 1. The predicted octanol–water partition coefficient (Wildman–Crippen LogP) is 8.17. The van der Waals surface area contributed by atoms with Gasteiger partial charge < -0.3 is 19.9 Å². The summed E-state index contributed by atoms with van der Waals surface area (Å²) < 4.78 is 29.5. The molecule has 0 unspecified atom stereocenters. The summed E-state index contributed by atoms with van der Waals surface area (Å²) in [5, 5.41) is 7.79. The van der Waals surface area contributed by atoms with Crippen LogP contribution in [-0.2, 0) is 32.4 Å². The number of Topliss-reactive ketones (excluding diaryl/α,β-unsaturated/α-hetero) is 1. The minimum atomic E-state index is -3.08. The fraction of sp³-hybridized carbons (Fsp3) is 0.500. The third kappa shape index (κ3) is 11.5. The molecule has 1 saturated carbocycles. The topological polar surface area (TPSA) is 116 Å². The number of halogens is 1. The van der Waals surface area contributed by atoms with Gasteiger partial charge in [-0.15, -0.1) is 11.3 Å². The number of nitrogens with one attached hydrogen (secondary N) is 1. The quantitative estimate of drug-likeness (QED) is 0.112. The van der Waals surface area contributed by atoms with E-state index < -0.39 is 28.0 Å². The summed E-state index contributed by atoms with van der Waals surface area (Å²) in [6, 6.07) is 24.5. The van der Waals surface area contributed by atoms with Crippen molar-refractivity contribution in [3.05, 3.63) is 99.7 Å². The second-order valence-electron chi connectivity index (χ2n) is 16.9. The zero-order chi connectivity index (χ0) is 41.4. The summed E-state index contributed by atoms with van der Waals surface area (Å²) in [6.45, 7) is 3.56. The smallest absolute Gasteiger partial charge is 0.409 e. The van der Waals surface area contributed by atoms with Gasteiger partial charge in [-0.05, 0) is 91.8 Å². The molecular weight excluding hydrogens is 804 g/mol. The monoisotopic (exact) mass is 860 g/mol. The molecule has 0 radical (unpaired) electrons. The Bertz CT molecular complexity index is 2160. The van der Waals surface area contributed by atoms with E-state index in [0.717, 1.165) is 61.0 Å². The maximum Gasteiger partial charge on any atom is 0.415 e. The minimum absolute atomic E-state index is 0.0194. The Balaban J connectivity index is 1.04. The predicted molar refractivity (Wildman–Crippen MR) is 236 cm³/mol. The van der Waals surface area contributed by atoms with Gasteiger partial charge in [-0.2, -0.15) is 0 Å². The molecule has 1 aromatic heterocycles. The summed E-state index contributed by atoms with van der Waals surface area (Å²) in [5.74, 6) is 0.128. The number of thiophene rings is 1. The molecule has 59 heavy (non-hydrogen) atoms. The molecule has 3 aromatic carbocycles. The first kappa shape index (κ1) is 43.3. The maximum absolute atomic E-state index is 14.8. The molecule has 2 atom stereocenters. The van der Waals surface area contributed by atoms with Crippen molar-refractivity contribution in [2.75, 3.05) is 44.7 Å². The highest BCUT2D eigenvalue weighted by Crippen LogP contribution is 2.44. The molecule has 3 aliphatic rings. The third-order valence-corrected chi connectivity index (χ3v) is 14.9. The Morgan fingerprint density at radius 2 is 1.69 bits per heavy atom. The van der Waals surface area contributed by atoms with Crippen LogP contribution < -0.4 is 10.1 Å². The average molecular weight is 862 g/mol. The Kier molecular flexibility index (Phi) is 14.5. The van der Waals surface area contributed by atoms with Crippen molar-refractivity contribution in [2.24, 2.45) is 5.41 Å². The number of sulfone groups is 1. The van der Waals surface area contributed by atoms with Gasteiger partial charge in [0.15, 0.2) is 11.5 Å². The minimum Gasteiger partial charge on any atom is -0.409 e. The number of nitrogens with zero attached hydrogens (tertiary/aromatic N) is 3. The van der Waals surface area contributed by atoms with Crippen molar-refractivity contribution in [2.45, 2.75) is 95.3 Å². The molecule has 3 heterocycles. The Labute approximate surface area is 358 Å². The molecule has 316 valence electrons. The van der Waals surface area contributed by atoms with E-state index in [4.69, 9.17) is 16.3 Å². The molecule has 2 aliphatic heterocycles. The Morgan fingerprint density at radius 1 is 0.915 bits per heavy atom. The van der Waals surface area contributed by atoms with E-state index in [9.17, 15) is 22.8 Å². The number of hydrogen-bond donors (Lipinski definition) is 1. The molecule has 1 N–H and O–H groups in total. The van der Waals surface area contributed by atoms with E-state index in [1.54, 1.807) is 22.3 Å². The number of carbonyl (C=O) groups excluding carboxylic acids is 3. The summed E-state index contributed by atoms with van der Waals surface area (Å²) in [5.41, 5.74) is 1.63. The molecule has 1 aliphatic carbocycles. The lowest BCUT2D eigenvalue weighted by Crippen LogP contribution is -2.63. The number of carbonyl (C=O) groups is 3. The number of likely N-dealkylation sites (tertiary alicyclic amines) is 1. The van der Waals surface area contributed by atoms with Crippen molar-refractivity contribution in [3.8, 4) is 5.75 Å². The van der Waals surface area contributed by atoms with Crippen molar-refractivity contribution in [3.63, 3.8) is 0 Å². The fourth-order valence-corrected chi connectivity index (χ4v) is 11.0. The van der Waals surface area contributed by atoms with Crippen molar-refractivity contribution >= 4 is 61.3 Å². The van der Waals surface area contributed by atoms with Crippen LogP contribution in [0.4, 0.5) is 4.79 Å². The number of piperazine rings is 1. The molecule has 0 bridgehead atoms. The van der Waals surface area contributed by atoms with Gasteiger partial charge in [0.2, 0.25) is 5.91 Å². The lowest BCUT2D eigenvalue weighted by molar-refractivity contribution is -0.144. The van der Waals surface area contributed by atoms with E-state index >= 15 is 0 Å². The normalized spacial score (nSPS) is 21.9. The number of ketones is 1. The van der Waals surface area contributed by atoms with Crippen LogP contribution in [0.25, 0.3) is 10.8 Å². The standard InChI is InChI=1S/C46H57ClN4O6S2/c1-59(55,56)30-9-3-6-16-39(48-36-21-23-46(24-22-36)25-26-49(33-46)31-34-11-4-2-5-12-34)44(53)51-28-27-50(32-40(51)41(52)19-18-37-14-10-29-58-37)45(54)57-42-20-17-35-13-7-8-15-38(35)43(42)47/h2,4-5,7-8,10-15,17,20,29,36,39-40,48H,3,6,9,16,18-19,21-28,30-33H2,1H3/t36?,39-,40+,46?/m1/s1. The Hall–Kier alpha value is -3.81. The van der Waals surface area contributed by atoms with Gasteiger partial charge in [0.25, 0.3) is 0 Å². The van der Waals surface area contributed by atoms with E-state index in [-0.39, 0.29) is 55.3 Å². The highest BCUT2D eigenvalue weighted by atomic mass is 35.5. The van der Waals surface area contributed by atoms with Crippen LogP contribution >= 0.6 is 22.9 Å². The fourth-order valence-electron chi connectivity index (χ4n) is 9.27. The number of rotatable bonds is 16. The molecule has 4 aromatic rings. The molecule has 3 fully saturated rings. The second-order valence-corrected chi connectivity index (χ2v) is 20.6. The van der Waals surface area contributed by atoms with Gasteiger partial charge in [-0.3, -0.25) is 14.5 Å². The first-order valence-corrected chi connectivity index (χ1v) is 24.5. The molecule has 13 heteroatoms. The molecule has 2 amide bonds. The molecule has 7 rings (SSSR count). The maximum atomic E-state index is 14.8. The molecule has 1 spiro atoms. The highest BCUT2D eigenvalue weighted by molar-refractivity contribution is 7.90. The van der Waals surface area contributed by atoms with Crippen LogP contribution in [0.5, 0.6) is 5.75 Å². The first-order chi connectivity index (χ1) is 28.5. The summed E-state index contributed by atoms with van der Waals surface area (Å²) in [4.78, 5) is 49.5. The largest absolute Gasteiger partial charge is 0.415 e. The third-order valence-electron chi connectivity index (χ3n) is 12.6. The van der Waals surface area contributed by atoms with Crippen molar-refractivity contribution in [1.82, 2.24) is 20.0 Å². The number of ether oxygens (including phenoxy) is 1. The van der Waals surface area contributed by atoms with Gasteiger partial charge in [0, 0.05) is 60.9 Å². The number of amides is 2. The lowest BCUT2D eigenvalue weighted by atomic mass is 9.72. The first-order valence-electron chi connectivity index (χ1n) is 21.1. The second kappa shape index (κ2) is 19.7. The van der Waals surface area contributed by atoms with Gasteiger partial charge in [-0.1, -0.05) is 91.2 Å². The van der Waals surface area contributed by atoms with Crippen LogP contribution in [0.1, 0.15) is 74.6 Å². The summed E-state index contributed by atoms with van der Waals surface area (Å²) in [6.07, 6.45) is 9.19. The van der Waals surface area contributed by atoms with E-state index in [1.165, 1.54) is 23.1 Å². The molecule has 10 nitrogen and oxygen atoms in total. The van der Waals surface area contributed by atoms with Crippen LogP contribution in [0.2, 0.25) is 5.02 Å². The van der Waals surface area contributed by atoms with Crippen LogP contribution in [-0.4, -0.2) is 104 Å². The van der Waals surface area contributed by atoms with Crippen LogP contribution in [0, 0.1) is 5.41 Å². The lowest BCUT2D eigenvalue weighted by Gasteiger charge is -2.43. The van der Waals surface area contributed by atoms with Crippen molar-refractivity contribution < 1.29 is 27.5 Å².